The first-order valence-electron chi connectivity index (χ1n) is 7.17. The minimum Gasteiger partial charge on any atom is -0.314 e. The predicted molar refractivity (Wildman–Crippen MR) is 69.6 cm³/mol. The fraction of sp³-hybridized carbons (Fsp3) is 1.00. The van der Waals surface area contributed by atoms with Gasteiger partial charge in [0.05, 0.1) is 0 Å². The zero-order valence-electron chi connectivity index (χ0n) is 11.0. The molecular formula is C14H28N2. The number of hydrogen-bond donors (Lipinski definition) is 1. The molecule has 0 radical (unpaired) electrons. The van der Waals surface area contributed by atoms with E-state index >= 15 is 0 Å². The monoisotopic (exact) mass is 224 g/mol. The normalized spacial score (nSPS) is 27.4. The van der Waals surface area contributed by atoms with E-state index in [1.165, 1.54) is 58.2 Å². The lowest BCUT2D eigenvalue weighted by Crippen LogP contribution is -2.39. The Morgan fingerprint density at radius 1 is 1.12 bits per heavy atom. The molecule has 1 aliphatic heterocycles. The summed E-state index contributed by atoms with van der Waals surface area (Å²) in [6, 6.07) is 0.752. The van der Waals surface area contributed by atoms with Crippen molar-refractivity contribution in [3.05, 3.63) is 0 Å². The lowest BCUT2D eigenvalue weighted by Gasteiger charge is -2.30. The van der Waals surface area contributed by atoms with Crippen LogP contribution >= 0.6 is 0 Å². The molecule has 2 heteroatoms. The summed E-state index contributed by atoms with van der Waals surface area (Å²) < 4.78 is 0. The summed E-state index contributed by atoms with van der Waals surface area (Å²) in [5, 5.41) is 3.79. The quantitative estimate of drug-likeness (QED) is 0.789. The predicted octanol–water partition coefficient (Wildman–Crippen LogP) is 2.50. The number of rotatable bonds is 4. The molecule has 0 spiro atoms. The summed E-state index contributed by atoms with van der Waals surface area (Å²) in [4.78, 5) is 2.46. The number of nitrogens with zero attached hydrogens (tertiary/aromatic N) is 1. The molecule has 2 nitrogen and oxygen atoms in total. The van der Waals surface area contributed by atoms with Crippen molar-refractivity contribution in [3.63, 3.8) is 0 Å². The molecule has 94 valence electrons. The Hall–Kier alpha value is -0.0800. The highest BCUT2D eigenvalue weighted by atomic mass is 15.1. The molecule has 0 aromatic rings. The maximum absolute atomic E-state index is 3.79. The fourth-order valence-electron chi connectivity index (χ4n) is 3.24. The largest absolute Gasteiger partial charge is 0.314 e. The second-order valence-corrected chi connectivity index (χ2v) is 5.99. The van der Waals surface area contributed by atoms with Crippen molar-refractivity contribution in [2.45, 2.75) is 51.5 Å². The van der Waals surface area contributed by atoms with E-state index in [0.717, 1.165) is 17.9 Å². The molecule has 2 fully saturated rings. The molecule has 0 unspecified atom stereocenters. The van der Waals surface area contributed by atoms with Gasteiger partial charge in [-0.1, -0.05) is 12.8 Å². The fourth-order valence-corrected chi connectivity index (χ4v) is 3.24. The van der Waals surface area contributed by atoms with Gasteiger partial charge in [0, 0.05) is 6.04 Å². The first-order valence-corrected chi connectivity index (χ1v) is 7.17. The molecule has 2 rings (SSSR count). The molecule has 2 aliphatic rings. The highest BCUT2D eigenvalue weighted by molar-refractivity contribution is 4.79. The molecule has 1 saturated heterocycles. The van der Waals surface area contributed by atoms with Gasteiger partial charge >= 0.3 is 0 Å². The van der Waals surface area contributed by atoms with Crippen LogP contribution in [0.15, 0.2) is 0 Å². The summed E-state index contributed by atoms with van der Waals surface area (Å²) in [6.07, 6.45) is 8.63. The van der Waals surface area contributed by atoms with Crippen molar-refractivity contribution in [2.75, 3.05) is 26.7 Å². The molecule has 1 saturated carbocycles. The first-order chi connectivity index (χ1) is 7.75. The van der Waals surface area contributed by atoms with E-state index in [1.54, 1.807) is 0 Å². The van der Waals surface area contributed by atoms with E-state index < -0.39 is 0 Å². The maximum atomic E-state index is 3.79. The second-order valence-electron chi connectivity index (χ2n) is 5.99. The van der Waals surface area contributed by atoms with Gasteiger partial charge in [0.2, 0.25) is 0 Å². The van der Waals surface area contributed by atoms with Crippen LogP contribution < -0.4 is 5.32 Å². The highest BCUT2D eigenvalue weighted by Crippen LogP contribution is 2.27. The third-order valence-corrected chi connectivity index (χ3v) is 4.67. The molecule has 0 aromatic carbocycles. The molecule has 1 atom stereocenters. The summed E-state index contributed by atoms with van der Waals surface area (Å²) in [6.45, 7) is 6.24. The molecule has 0 aromatic heterocycles. The smallest absolute Gasteiger partial charge is 0.00671 e. The summed E-state index contributed by atoms with van der Waals surface area (Å²) in [5.74, 6) is 1.89. The Morgan fingerprint density at radius 2 is 1.75 bits per heavy atom. The SMILES string of the molecule is C[C@@H](NCC1CCN(C)CC1)C1CCCC1. The average molecular weight is 224 g/mol. The van der Waals surface area contributed by atoms with Gasteiger partial charge in [0.25, 0.3) is 0 Å². The Bertz CT molecular complexity index is 191. The van der Waals surface area contributed by atoms with Gasteiger partial charge in [0.15, 0.2) is 0 Å². The zero-order valence-corrected chi connectivity index (χ0v) is 11.0. The van der Waals surface area contributed by atoms with E-state index in [0.29, 0.717) is 0 Å². The van der Waals surface area contributed by atoms with Crippen molar-refractivity contribution in [2.24, 2.45) is 11.8 Å². The third kappa shape index (κ3) is 3.46. The Balaban J connectivity index is 1.62. The van der Waals surface area contributed by atoms with E-state index in [9.17, 15) is 0 Å². The molecule has 1 heterocycles. The number of piperidine rings is 1. The third-order valence-electron chi connectivity index (χ3n) is 4.67. The van der Waals surface area contributed by atoms with Crippen LogP contribution in [0.2, 0.25) is 0 Å². The minimum absolute atomic E-state index is 0.752. The van der Waals surface area contributed by atoms with Gasteiger partial charge in [-0.3, -0.25) is 0 Å². The van der Waals surface area contributed by atoms with Crippen LogP contribution in [-0.2, 0) is 0 Å². The molecule has 1 aliphatic carbocycles. The number of hydrogen-bond acceptors (Lipinski definition) is 2. The summed E-state index contributed by atoms with van der Waals surface area (Å²) >= 11 is 0. The van der Waals surface area contributed by atoms with Crippen molar-refractivity contribution in [1.82, 2.24) is 10.2 Å². The van der Waals surface area contributed by atoms with Crippen LogP contribution in [0, 0.1) is 11.8 Å². The zero-order chi connectivity index (χ0) is 11.4. The Kier molecular flexibility index (Phi) is 4.66. The van der Waals surface area contributed by atoms with E-state index in [-0.39, 0.29) is 0 Å². The van der Waals surface area contributed by atoms with Crippen molar-refractivity contribution >= 4 is 0 Å². The topological polar surface area (TPSA) is 15.3 Å². The van der Waals surface area contributed by atoms with Crippen molar-refractivity contribution in [3.8, 4) is 0 Å². The van der Waals surface area contributed by atoms with Crippen LogP contribution in [0.4, 0.5) is 0 Å². The van der Waals surface area contributed by atoms with Gasteiger partial charge in [0.1, 0.15) is 0 Å². The standard InChI is InChI=1S/C14H28N2/c1-12(14-5-3-4-6-14)15-11-13-7-9-16(2)10-8-13/h12-15H,3-11H2,1-2H3/t12-/m1/s1. The average Bonchev–Trinajstić information content (AvgIpc) is 2.81. The van der Waals surface area contributed by atoms with Gasteiger partial charge in [-0.2, -0.15) is 0 Å². The number of likely N-dealkylation sites (tertiary alicyclic amines) is 1. The van der Waals surface area contributed by atoms with Gasteiger partial charge in [-0.25, -0.2) is 0 Å². The molecule has 0 amide bonds. The lowest BCUT2D eigenvalue weighted by atomic mass is 9.95. The summed E-state index contributed by atoms with van der Waals surface area (Å²) in [7, 11) is 2.24. The van der Waals surface area contributed by atoms with Crippen molar-refractivity contribution in [1.29, 1.82) is 0 Å². The van der Waals surface area contributed by atoms with Crippen LogP contribution in [-0.4, -0.2) is 37.6 Å². The van der Waals surface area contributed by atoms with Gasteiger partial charge < -0.3 is 10.2 Å². The number of nitrogens with one attached hydrogen (secondary N) is 1. The molecule has 1 N–H and O–H groups in total. The van der Waals surface area contributed by atoms with E-state index in [2.05, 4.69) is 24.2 Å². The van der Waals surface area contributed by atoms with Crippen LogP contribution in [0.25, 0.3) is 0 Å². The minimum atomic E-state index is 0.752. The first kappa shape index (κ1) is 12.4. The molecule has 0 bridgehead atoms. The van der Waals surface area contributed by atoms with Crippen LogP contribution in [0.3, 0.4) is 0 Å². The van der Waals surface area contributed by atoms with Gasteiger partial charge in [-0.15, -0.1) is 0 Å². The summed E-state index contributed by atoms with van der Waals surface area (Å²) in [5.41, 5.74) is 0. The van der Waals surface area contributed by atoms with E-state index in [4.69, 9.17) is 0 Å². The second kappa shape index (κ2) is 6.02. The Labute approximate surface area is 101 Å². The van der Waals surface area contributed by atoms with Crippen LogP contribution in [0.1, 0.15) is 45.4 Å². The molecular weight excluding hydrogens is 196 g/mol. The van der Waals surface area contributed by atoms with Crippen molar-refractivity contribution < 1.29 is 0 Å². The Morgan fingerprint density at radius 3 is 2.38 bits per heavy atom. The highest BCUT2D eigenvalue weighted by Gasteiger charge is 2.22. The lowest BCUT2D eigenvalue weighted by molar-refractivity contribution is 0.208. The molecule has 16 heavy (non-hydrogen) atoms. The van der Waals surface area contributed by atoms with E-state index in [1.807, 2.05) is 0 Å². The maximum Gasteiger partial charge on any atom is 0.00671 e. The van der Waals surface area contributed by atoms with Crippen LogP contribution in [0.5, 0.6) is 0 Å². The van der Waals surface area contributed by atoms with Gasteiger partial charge in [-0.05, 0) is 71.1 Å².